The number of pyridine rings is 1. The van der Waals surface area contributed by atoms with Crippen LogP contribution in [0.3, 0.4) is 0 Å². The molecule has 0 fully saturated rings. The van der Waals surface area contributed by atoms with E-state index in [0.717, 1.165) is 12.3 Å². The summed E-state index contributed by atoms with van der Waals surface area (Å²) in [4.78, 5) is 43.8. The highest BCUT2D eigenvalue weighted by Gasteiger charge is 2.39. The van der Waals surface area contributed by atoms with Gasteiger partial charge in [0.2, 0.25) is 0 Å². The maximum atomic E-state index is 12.6. The SMILES string of the molecule is O=C(ON1C(=O)c2ccccc2C1=O)c1ccnc(C(F)(F)F)c1. The summed E-state index contributed by atoms with van der Waals surface area (Å²) in [6, 6.07) is 7.24. The summed E-state index contributed by atoms with van der Waals surface area (Å²) in [5.41, 5.74) is -1.70. The molecule has 1 aliphatic rings. The van der Waals surface area contributed by atoms with E-state index in [1.54, 1.807) is 0 Å². The first-order valence-electron chi connectivity index (χ1n) is 6.52. The minimum Gasteiger partial charge on any atom is -0.324 e. The Bertz CT molecular complexity index is 829. The summed E-state index contributed by atoms with van der Waals surface area (Å²) in [7, 11) is 0. The van der Waals surface area contributed by atoms with Crippen LogP contribution in [0.5, 0.6) is 0 Å². The number of hydrogen-bond acceptors (Lipinski definition) is 5. The van der Waals surface area contributed by atoms with Crippen molar-refractivity contribution >= 4 is 17.8 Å². The molecule has 0 N–H and O–H groups in total. The third kappa shape index (κ3) is 2.60. The topological polar surface area (TPSA) is 76.6 Å². The van der Waals surface area contributed by atoms with Crippen molar-refractivity contribution in [3.63, 3.8) is 0 Å². The molecule has 0 atom stereocenters. The number of aromatic nitrogens is 1. The van der Waals surface area contributed by atoms with Crippen LogP contribution in [0.25, 0.3) is 0 Å². The second-order valence-corrected chi connectivity index (χ2v) is 4.76. The summed E-state index contributed by atoms with van der Waals surface area (Å²) >= 11 is 0. The molecule has 9 heteroatoms. The lowest BCUT2D eigenvalue weighted by Crippen LogP contribution is -2.32. The van der Waals surface area contributed by atoms with Crippen LogP contribution < -0.4 is 0 Å². The molecule has 2 amide bonds. The zero-order chi connectivity index (χ0) is 17.5. The molecule has 0 bridgehead atoms. The Morgan fingerprint density at radius 3 is 2.17 bits per heavy atom. The van der Waals surface area contributed by atoms with Crippen molar-refractivity contribution in [1.82, 2.24) is 10.0 Å². The van der Waals surface area contributed by atoms with Gasteiger partial charge in [0.15, 0.2) is 0 Å². The monoisotopic (exact) mass is 336 g/mol. The van der Waals surface area contributed by atoms with E-state index in [2.05, 4.69) is 9.82 Å². The lowest BCUT2D eigenvalue weighted by atomic mass is 10.1. The Labute approximate surface area is 132 Å². The van der Waals surface area contributed by atoms with Crippen LogP contribution >= 0.6 is 0 Å². The summed E-state index contributed by atoms with van der Waals surface area (Å²) in [6.07, 6.45) is -3.96. The molecular weight excluding hydrogens is 329 g/mol. The third-order valence-electron chi connectivity index (χ3n) is 3.22. The van der Waals surface area contributed by atoms with Crippen molar-refractivity contribution in [2.24, 2.45) is 0 Å². The van der Waals surface area contributed by atoms with E-state index in [1.165, 1.54) is 24.3 Å². The first kappa shape index (κ1) is 15.7. The fourth-order valence-corrected chi connectivity index (χ4v) is 2.10. The average Bonchev–Trinajstić information content (AvgIpc) is 2.80. The largest absolute Gasteiger partial charge is 0.433 e. The molecule has 1 aromatic heterocycles. The van der Waals surface area contributed by atoms with Crippen LogP contribution in [0.1, 0.15) is 36.8 Å². The number of amides is 2. The number of hydrogen-bond donors (Lipinski definition) is 0. The Hall–Kier alpha value is -3.23. The predicted molar refractivity (Wildman–Crippen MR) is 71.6 cm³/mol. The number of imide groups is 1. The van der Waals surface area contributed by atoms with E-state index in [0.29, 0.717) is 6.07 Å². The molecular formula is C15H7F3N2O4. The highest BCUT2D eigenvalue weighted by Crippen LogP contribution is 2.28. The summed E-state index contributed by atoms with van der Waals surface area (Å²) in [5, 5.41) is 0.223. The second-order valence-electron chi connectivity index (χ2n) is 4.76. The number of nitrogens with zero attached hydrogens (tertiary/aromatic N) is 2. The van der Waals surface area contributed by atoms with E-state index in [9.17, 15) is 27.6 Å². The van der Waals surface area contributed by atoms with Gasteiger partial charge in [0.05, 0.1) is 16.7 Å². The van der Waals surface area contributed by atoms with Crippen LogP contribution in [-0.2, 0) is 11.0 Å². The van der Waals surface area contributed by atoms with Crippen LogP contribution in [0, 0.1) is 0 Å². The van der Waals surface area contributed by atoms with E-state index in [4.69, 9.17) is 0 Å². The molecule has 1 aliphatic heterocycles. The van der Waals surface area contributed by atoms with E-state index >= 15 is 0 Å². The van der Waals surface area contributed by atoms with Gasteiger partial charge >= 0.3 is 12.1 Å². The van der Waals surface area contributed by atoms with Crippen molar-refractivity contribution in [2.45, 2.75) is 6.18 Å². The number of rotatable bonds is 2. The van der Waals surface area contributed by atoms with Crippen molar-refractivity contribution in [1.29, 1.82) is 0 Å². The second kappa shape index (κ2) is 5.44. The first-order valence-corrected chi connectivity index (χ1v) is 6.52. The van der Waals surface area contributed by atoms with Gasteiger partial charge in [-0.1, -0.05) is 17.2 Å². The third-order valence-corrected chi connectivity index (χ3v) is 3.22. The fraction of sp³-hybridized carbons (Fsp3) is 0.0667. The Balaban J connectivity index is 1.84. The summed E-state index contributed by atoms with van der Waals surface area (Å²) in [6.45, 7) is 0. The summed E-state index contributed by atoms with van der Waals surface area (Å²) < 4.78 is 37.8. The van der Waals surface area contributed by atoms with Crippen LogP contribution in [0.4, 0.5) is 13.2 Å². The van der Waals surface area contributed by atoms with E-state index in [-0.39, 0.29) is 16.2 Å². The maximum Gasteiger partial charge on any atom is 0.433 e. The minimum atomic E-state index is -4.74. The van der Waals surface area contributed by atoms with Gasteiger partial charge in [-0.25, -0.2) is 4.79 Å². The van der Waals surface area contributed by atoms with Gasteiger partial charge in [-0.15, -0.1) is 0 Å². The number of carbonyl (C=O) groups is 3. The van der Waals surface area contributed by atoms with Crippen molar-refractivity contribution in [3.05, 3.63) is 65.0 Å². The number of fused-ring (bicyclic) bond motifs is 1. The molecule has 2 heterocycles. The average molecular weight is 336 g/mol. The zero-order valence-corrected chi connectivity index (χ0v) is 11.7. The van der Waals surface area contributed by atoms with Gasteiger partial charge in [0.1, 0.15) is 5.69 Å². The van der Waals surface area contributed by atoms with Gasteiger partial charge in [-0.2, -0.15) is 13.2 Å². The highest BCUT2D eigenvalue weighted by molar-refractivity contribution is 6.21. The number of benzene rings is 1. The van der Waals surface area contributed by atoms with Gasteiger partial charge in [0.25, 0.3) is 11.8 Å². The molecule has 0 saturated carbocycles. The smallest absolute Gasteiger partial charge is 0.324 e. The van der Waals surface area contributed by atoms with Crippen molar-refractivity contribution in [2.75, 3.05) is 0 Å². The van der Waals surface area contributed by atoms with Crippen LogP contribution in [-0.4, -0.2) is 27.8 Å². The van der Waals surface area contributed by atoms with Crippen LogP contribution in [0.2, 0.25) is 0 Å². The van der Waals surface area contributed by atoms with Gasteiger partial charge in [-0.05, 0) is 24.3 Å². The molecule has 1 aromatic carbocycles. The molecule has 0 unspecified atom stereocenters. The Morgan fingerprint density at radius 1 is 1.04 bits per heavy atom. The maximum absolute atomic E-state index is 12.6. The molecule has 0 radical (unpaired) electrons. The van der Waals surface area contributed by atoms with Gasteiger partial charge in [-0.3, -0.25) is 14.6 Å². The number of halogens is 3. The molecule has 2 aromatic rings. The number of carbonyl (C=O) groups excluding carboxylic acids is 3. The number of alkyl halides is 3. The van der Waals surface area contributed by atoms with Gasteiger partial charge < -0.3 is 4.84 Å². The van der Waals surface area contributed by atoms with E-state index < -0.39 is 35.2 Å². The summed E-state index contributed by atoms with van der Waals surface area (Å²) in [5.74, 6) is -3.01. The molecule has 122 valence electrons. The molecule has 0 spiro atoms. The minimum absolute atomic E-state index is 0.0426. The molecule has 0 aliphatic carbocycles. The standard InChI is InChI=1S/C15H7F3N2O4/c16-15(17,18)11-7-8(5-6-19-11)14(23)24-20-12(21)9-3-1-2-4-10(9)13(20)22/h1-7H. The fourth-order valence-electron chi connectivity index (χ4n) is 2.10. The Kier molecular flexibility index (Phi) is 3.55. The van der Waals surface area contributed by atoms with Crippen LogP contribution in [0.15, 0.2) is 42.6 Å². The molecule has 0 saturated heterocycles. The normalized spacial score (nSPS) is 13.9. The van der Waals surface area contributed by atoms with Gasteiger partial charge in [0, 0.05) is 6.20 Å². The lowest BCUT2D eigenvalue weighted by Gasteiger charge is -2.13. The lowest BCUT2D eigenvalue weighted by molar-refractivity contribution is -0.141. The Morgan fingerprint density at radius 2 is 1.62 bits per heavy atom. The van der Waals surface area contributed by atoms with Crippen molar-refractivity contribution < 1.29 is 32.4 Å². The number of hydroxylamine groups is 2. The highest BCUT2D eigenvalue weighted by atomic mass is 19.4. The zero-order valence-electron chi connectivity index (χ0n) is 11.7. The van der Waals surface area contributed by atoms with Crippen molar-refractivity contribution in [3.8, 4) is 0 Å². The van der Waals surface area contributed by atoms with E-state index in [1.807, 2.05) is 0 Å². The molecule has 6 nitrogen and oxygen atoms in total. The quantitative estimate of drug-likeness (QED) is 0.788. The molecule has 3 rings (SSSR count). The first-order chi connectivity index (χ1) is 11.3. The predicted octanol–water partition coefficient (Wildman–Crippen LogP) is 2.47. The molecule has 24 heavy (non-hydrogen) atoms.